The summed E-state index contributed by atoms with van der Waals surface area (Å²) >= 11 is 0. The first-order chi connectivity index (χ1) is 11.4. The third-order valence-corrected chi connectivity index (χ3v) is 6.05. The van der Waals surface area contributed by atoms with E-state index >= 15 is 0 Å². The number of sulfonamides is 1. The highest BCUT2D eigenvalue weighted by molar-refractivity contribution is 7.89. The van der Waals surface area contributed by atoms with Crippen LogP contribution in [-0.2, 0) is 14.8 Å². The van der Waals surface area contributed by atoms with E-state index in [1.165, 1.54) is 11.4 Å². The number of methoxy groups -OCH3 is 1. The van der Waals surface area contributed by atoms with Gasteiger partial charge in [-0.15, -0.1) is 0 Å². The van der Waals surface area contributed by atoms with Gasteiger partial charge in [-0.2, -0.15) is 5.26 Å². The van der Waals surface area contributed by atoms with Gasteiger partial charge in [0.05, 0.1) is 30.2 Å². The van der Waals surface area contributed by atoms with Gasteiger partial charge in [-0.05, 0) is 38.0 Å². The molecule has 1 amide bonds. The van der Waals surface area contributed by atoms with Crippen molar-refractivity contribution in [3.8, 4) is 11.8 Å². The van der Waals surface area contributed by atoms with Crippen LogP contribution in [0.25, 0.3) is 0 Å². The molecule has 1 N–H and O–H groups in total. The molecule has 8 heteroatoms. The number of anilines is 1. The van der Waals surface area contributed by atoms with Crippen molar-refractivity contribution in [2.45, 2.75) is 19.8 Å². The molecule has 130 valence electrons. The minimum Gasteiger partial charge on any atom is -0.495 e. The molecule has 0 radical (unpaired) electrons. The number of nitriles is 1. The van der Waals surface area contributed by atoms with Gasteiger partial charge in [0.25, 0.3) is 0 Å². The molecule has 0 aromatic heterocycles. The molecule has 1 fully saturated rings. The van der Waals surface area contributed by atoms with E-state index in [0.29, 0.717) is 42.9 Å². The Morgan fingerprint density at radius 1 is 1.42 bits per heavy atom. The Morgan fingerprint density at radius 2 is 2.08 bits per heavy atom. The molecule has 1 aliphatic rings. The summed E-state index contributed by atoms with van der Waals surface area (Å²) in [7, 11) is -1.71. The van der Waals surface area contributed by atoms with Gasteiger partial charge in [-0.3, -0.25) is 4.79 Å². The zero-order valence-electron chi connectivity index (χ0n) is 13.8. The monoisotopic (exact) mass is 351 g/mol. The van der Waals surface area contributed by atoms with E-state index in [4.69, 9.17) is 10.00 Å². The van der Waals surface area contributed by atoms with Crippen molar-refractivity contribution < 1.29 is 17.9 Å². The first-order valence-corrected chi connectivity index (χ1v) is 9.39. The van der Waals surface area contributed by atoms with Gasteiger partial charge in [0, 0.05) is 19.0 Å². The molecule has 0 aliphatic carbocycles. The quantitative estimate of drug-likeness (QED) is 0.868. The lowest BCUT2D eigenvalue weighted by atomic mass is 9.97. The van der Waals surface area contributed by atoms with Crippen LogP contribution in [0.15, 0.2) is 18.2 Å². The lowest BCUT2D eigenvalue weighted by Crippen LogP contribution is -2.42. The lowest BCUT2D eigenvalue weighted by molar-refractivity contribution is -0.120. The molecule has 1 aromatic rings. The molecule has 0 saturated carbocycles. The molecular formula is C16H21N3O4S. The minimum atomic E-state index is -3.20. The van der Waals surface area contributed by atoms with Crippen LogP contribution in [0.4, 0.5) is 5.69 Å². The van der Waals surface area contributed by atoms with Gasteiger partial charge in [0.1, 0.15) is 5.75 Å². The van der Waals surface area contributed by atoms with Crippen molar-refractivity contribution in [3.05, 3.63) is 23.8 Å². The van der Waals surface area contributed by atoms with E-state index in [-0.39, 0.29) is 17.6 Å². The normalized spacial score (nSPS) is 16.4. The Labute approximate surface area is 142 Å². The van der Waals surface area contributed by atoms with E-state index in [1.807, 2.05) is 6.07 Å². The van der Waals surface area contributed by atoms with Crippen LogP contribution >= 0.6 is 0 Å². The Hall–Kier alpha value is -2.11. The maximum atomic E-state index is 12.4. The predicted molar refractivity (Wildman–Crippen MR) is 90.1 cm³/mol. The van der Waals surface area contributed by atoms with Crippen LogP contribution in [0.3, 0.4) is 0 Å². The summed E-state index contributed by atoms with van der Waals surface area (Å²) in [5, 5.41) is 11.8. The second-order valence-corrected chi connectivity index (χ2v) is 7.85. The summed E-state index contributed by atoms with van der Waals surface area (Å²) in [5.41, 5.74) is 0.875. The fraction of sp³-hybridized carbons (Fsp3) is 0.500. The summed E-state index contributed by atoms with van der Waals surface area (Å²) in [6.45, 7) is 2.32. The summed E-state index contributed by atoms with van der Waals surface area (Å²) in [6, 6.07) is 6.83. The Bertz CT molecular complexity index is 747. The molecule has 0 spiro atoms. The zero-order valence-corrected chi connectivity index (χ0v) is 14.6. The maximum Gasteiger partial charge on any atom is 0.227 e. The first-order valence-electron chi connectivity index (χ1n) is 7.78. The lowest BCUT2D eigenvalue weighted by Gasteiger charge is -2.30. The van der Waals surface area contributed by atoms with Crippen LogP contribution in [-0.4, -0.2) is 44.6 Å². The minimum absolute atomic E-state index is 0.0714. The van der Waals surface area contributed by atoms with Crippen LogP contribution in [0.1, 0.15) is 25.3 Å². The maximum absolute atomic E-state index is 12.4. The van der Waals surface area contributed by atoms with E-state index in [9.17, 15) is 13.2 Å². The Balaban J connectivity index is 2.03. The van der Waals surface area contributed by atoms with Gasteiger partial charge in [0.15, 0.2) is 0 Å². The number of amides is 1. The molecule has 0 bridgehead atoms. The largest absolute Gasteiger partial charge is 0.495 e. The van der Waals surface area contributed by atoms with Gasteiger partial charge in [-0.1, -0.05) is 0 Å². The number of hydrogen-bond donors (Lipinski definition) is 1. The fourth-order valence-corrected chi connectivity index (χ4v) is 3.82. The number of carbonyl (C=O) groups excluding carboxylic acids is 1. The summed E-state index contributed by atoms with van der Waals surface area (Å²) in [5.74, 6) is 0.108. The zero-order chi connectivity index (χ0) is 17.7. The molecule has 1 aromatic carbocycles. The van der Waals surface area contributed by atoms with E-state index in [1.54, 1.807) is 25.1 Å². The van der Waals surface area contributed by atoms with Gasteiger partial charge >= 0.3 is 0 Å². The average molecular weight is 351 g/mol. The second kappa shape index (κ2) is 7.64. The SMILES string of the molecule is CCS(=O)(=O)N1CCC(C(=O)Nc2cc(C#N)ccc2OC)CC1. The average Bonchev–Trinajstić information content (AvgIpc) is 2.61. The number of nitrogens with zero attached hydrogens (tertiary/aromatic N) is 2. The smallest absolute Gasteiger partial charge is 0.227 e. The number of nitrogens with one attached hydrogen (secondary N) is 1. The van der Waals surface area contributed by atoms with Gasteiger partial charge in [0.2, 0.25) is 15.9 Å². The summed E-state index contributed by atoms with van der Waals surface area (Å²) < 4.78 is 30.3. The van der Waals surface area contributed by atoms with Crippen LogP contribution < -0.4 is 10.1 Å². The number of hydrogen-bond acceptors (Lipinski definition) is 5. The molecule has 7 nitrogen and oxygen atoms in total. The standard InChI is InChI=1S/C16H21N3O4S/c1-3-24(21,22)19-8-6-13(7-9-19)16(20)18-14-10-12(11-17)4-5-15(14)23-2/h4-5,10,13H,3,6-9H2,1-2H3,(H,18,20). The van der Waals surface area contributed by atoms with Crippen LogP contribution in [0.5, 0.6) is 5.75 Å². The molecule has 1 saturated heterocycles. The van der Waals surface area contributed by atoms with E-state index in [2.05, 4.69) is 5.32 Å². The van der Waals surface area contributed by atoms with E-state index < -0.39 is 10.0 Å². The van der Waals surface area contributed by atoms with Crippen molar-refractivity contribution in [1.29, 1.82) is 5.26 Å². The highest BCUT2D eigenvalue weighted by atomic mass is 32.2. The molecule has 2 rings (SSSR count). The molecule has 1 aliphatic heterocycles. The first kappa shape index (κ1) is 18.2. The van der Waals surface area contributed by atoms with Crippen molar-refractivity contribution in [3.63, 3.8) is 0 Å². The third kappa shape index (κ3) is 4.04. The number of rotatable bonds is 5. The van der Waals surface area contributed by atoms with Crippen molar-refractivity contribution in [2.75, 3.05) is 31.3 Å². The number of ether oxygens (including phenoxy) is 1. The van der Waals surface area contributed by atoms with Crippen LogP contribution in [0, 0.1) is 17.2 Å². The summed E-state index contributed by atoms with van der Waals surface area (Å²) in [4.78, 5) is 12.4. The van der Waals surface area contributed by atoms with Crippen LogP contribution in [0.2, 0.25) is 0 Å². The highest BCUT2D eigenvalue weighted by Crippen LogP contribution is 2.27. The second-order valence-electron chi connectivity index (χ2n) is 5.59. The van der Waals surface area contributed by atoms with Crippen molar-refractivity contribution in [2.24, 2.45) is 5.92 Å². The van der Waals surface area contributed by atoms with Gasteiger partial charge < -0.3 is 10.1 Å². The van der Waals surface area contributed by atoms with Gasteiger partial charge in [-0.25, -0.2) is 12.7 Å². The molecule has 0 unspecified atom stereocenters. The van der Waals surface area contributed by atoms with Crippen molar-refractivity contribution in [1.82, 2.24) is 4.31 Å². The van der Waals surface area contributed by atoms with E-state index in [0.717, 1.165) is 0 Å². The Kier molecular flexibility index (Phi) is 5.80. The third-order valence-electron chi connectivity index (χ3n) is 4.17. The number of benzene rings is 1. The Morgan fingerprint density at radius 3 is 2.62 bits per heavy atom. The predicted octanol–water partition coefficient (Wildman–Crippen LogP) is 1.57. The van der Waals surface area contributed by atoms with Crippen molar-refractivity contribution >= 4 is 21.6 Å². The number of carbonyl (C=O) groups is 1. The molecule has 24 heavy (non-hydrogen) atoms. The highest BCUT2D eigenvalue weighted by Gasteiger charge is 2.30. The fourth-order valence-electron chi connectivity index (χ4n) is 2.69. The molecular weight excluding hydrogens is 330 g/mol. The molecule has 0 atom stereocenters. The number of piperidine rings is 1. The molecule has 1 heterocycles. The summed E-state index contributed by atoms with van der Waals surface area (Å²) in [6.07, 6.45) is 0.955. The topological polar surface area (TPSA) is 99.5 Å².